The number of phenols is 1. The van der Waals surface area contributed by atoms with Crippen molar-refractivity contribution in [1.29, 1.82) is 0 Å². The zero-order chi connectivity index (χ0) is 18.0. The van der Waals surface area contributed by atoms with Crippen LogP contribution < -0.4 is 10.4 Å². The molecular weight excluding hydrogens is 324 g/mol. The Morgan fingerprint density at radius 1 is 1.04 bits per heavy atom. The second-order valence-electron chi connectivity index (χ2n) is 5.54. The van der Waals surface area contributed by atoms with Crippen molar-refractivity contribution in [2.75, 3.05) is 13.2 Å². The van der Waals surface area contributed by atoms with Gasteiger partial charge in [0, 0.05) is 16.8 Å². The Labute approximate surface area is 144 Å². The van der Waals surface area contributed by atoms with Gasteiger partial charge in [0.15, 0.2) is 0 Å². The molecule has 0 amide bonds. The standard InChI is InChI=1S/C17H14O6.C2H6/c18-9-1-3-12-11-4-2-10(22-16-8-21-7-14(16)19)6-13(11)17(20)23-15(12)5-9;1-2/h1-6,14,16,18-19H,7-8H2;1-2H3. The van der Waals surface area contributed by atoms with Gasteiger partial charge < -0.3 is 24.1 Å². The third-order valence-electron chi connectivity index (χ3n) is 3.96. The van der Waals surface area contributed by atoms with E-state index in [9.17, 15) is 15.0 Å². The van der Waals surface area contributed by atoms with Crippen LogP contribution in [-0.4, -0.2) is 35.6 Å². The van der Waals surface area contributed by atoms with Crippen molar-refractivity contribution < 1.29 is 24.1 Å². The largest absolute Gasteiger partial charge is 0.508 e. The van der Waals surface area contributed by atoms with Crippen molar-refractivity contribution in [2.45, 2.75) is 26.1 Å². The number of aliphatic hydroxyl groups is 1. The zero-order valence-electron chi connectivity index (χ0n) is 14.1. The van der Waals surface area contributed by atoms with Crippen LogP contribution in [0.3, 0.4) is 0 Å². The Balaban J connectivity index is 0.000000880. The van der Waals surface area contributed by atoms with Crippen LogP contribution in [0.1, 0.15) is 13.8 Å². The van der Waals surface area contributed by atoms with E-state index >= 15 is 0 Å². The number of aliphatic hydroxyl groups excluding tert-OH is 1. The highest BCUT2D eigenvalue weighted by Crippen LogP contribution is 2.28. The molecule has 0 bridgehead atoms. The maximum Gasteiger partial charge on any atom is 0.344 e. The van der Waals surface area contributed by atoms with Crippen LogP contribution in [-0.2, 0) is 4.74 Å². The second kappa shape index (κ2) is 7.13. The lowest BCUT2D eigenvalue weighted by Crippen LogP contribution is -2.29. The summed E-state index contributed by atoms with van der Waals surface area (Å²) in [7, 11) is 0. The minimum absolute atomic E-state index is 0.0372. The summed E-state index contributed by atoms with van der Waals surface area (Å²) in [5.74, 6) is 0.507. The summed E-state index contributed by atoms with van der Waals surface area (Å²) < 4.78 is 16.1. The monoisotopic (exact) mass is 344 g/mol. The van der Waals surface area contributed by atoms with Crippen LogP contribution >= 0.6 is 0 Å². The Hall–Kier alpha value is -2.57. The van der Waals surface area contributed by atoms with E-state index in [1.54, 1.807) is 30.3 Å². The number of phenolic OH excluding ortho intramolecular Hbond substituents is 1. The molecule has 2 aromatic carbocycles. The highest BCUT2D eigenvalue weighted by Gasteiger charge is 2.28. The molecular formula is C19H20O6. The molecule has 1 aliphatic heterocycles. The second-order valence-corrected chi connectivity index (χ2v) is 5.54. The first kappa shape index (κ1) is 17.3. The van der Waals surface area contributed by atoms with Gasteiger partial charge in [0.2, 0.25) is 0 Å². The summed E-state index contributed by atoms with van der Waals surface area (Å²) >= 11 is 0. The van der Waals surface area contributed by atoms with E-state index in [1.165, 1.54) is 6.07 Å². The predicted molar refractivity (Wildman–Crippen MR) is 94.2 cm³/mol. The molecule has 4 rings (SSSR count). The summed E-state index contributed by atoms with van der Waals surface area (Å²) in [6.45, 7) is 4.55. The fraction of sp³-hybridized carbons (Fsp3) is 0.316. The molecule has 6 nitrogen and oxygen atoms in total. The Kier molecular flexibility index (Phi) is 4.92. The minimum atomic E-state index is -0.679. The molecule has 2 unspecified atom stereocenters. The molecule has 6 heteroatoms. The van der Waals surface area contributed by atoms with E-state index in [2.05, 4.69) is 0 Å². The smallest absolute Gasteiger partial charge is 0.344 e. The van der Waals surface area contributed by atoms with Crippen LogP contribution in [0.25, 0.3) is 21.7 Å². The van der Waals surface area contributed by atoms with Gasteiger partial charge in [-0.3, -0.25) is 0 Å². The lowest BCUT2D eigenvalue weighted by Gasteiger charge is -2.15. The molecule has 0 spiro atoms. The zero-order valence-corrected chi connectivity index (χ0v) is 14.1. The predicted octanol–water partition coefficient (Wildman–Crippen LogP) is 2.82. The molecule has 2 N–H and O–H groups in total. The van der Waals surface area contributed by atoms with Gasteiger partial charge >= 0.3 is 5.63 Å². The Morgan fingerprint density at radius 3 is 2.52 bits per heavy atom. The van der Waals surface area contributed by atoms with Crippen molar-refractivity contribution >= 4 is 21.7 Å². The third kappa shape index (κ3) is 3.31. The van der Waals surface area contributed by atoms with Crippen LogP contribution in [0.2, 0.25) is 0 Å². The summed E-state index contributed by atoms with van der Waals surface area (Å²) in [6, 6.07) is 9.75. The van der Waals surface area contributed by atoms with E-state index in [4.69, 9.17) is 13.9 Å². The van der Waals surface area contributed by atoms with E-state index in [1.807, 2.05) is 13.8 Å². The van der Waals surface area contributed by atoms with E-state index in [0.717, 1.165) is 5.39 Å². The van der Waals surface area contributed by atoms with Gasteiger partial charge in [0.05, 0.1) is 18.6 Å². The first-order valence-electron chi connectivity index (χ1n) is 8.24. The molecule has 2 heterocycles. The molecule has 0 saturated carbocycles. The molecule has 3 aromatic rings. The highest BCUT2D eigenvalue weighted by atomic mass is 16.6. The third-order valence-corrected chi connectivity index (χ3v) is 3.96. The molecule has 132 valence electrons. The van der Waals surface area contributed by atoms with Crippen molar-refractivity contribution in [3.8, 4) is 11.5 Å². The number of hydrogen-bond donors (Lipinski definition) is 2. The maximum absolute atomic E-state index is 12.2. The number of benzene rings is 2. The average molecular weight is 344 g/mol. The first-order valence-corrected chi connectivity index (χ1v) is 8.24. The number of ether oxygens (including phenoxy) is 2. The maximum atomic E-state index is 12.2. The van der Waals surface area contributed by atoms with Gasteiger partial charge in [-0.2, -0.15) is 0 Å². The molecule has 0 aliphatic carbocycles. The SMILES string of the molecule is CC.O=c1oc2cc(O)ccc2c2ccc(OC3COCC3O)cc12. The fourth-order valence-corrected chi connectivity index (χ4v) is 2.78. The van der Waals surface area contributed by atoms with E-state index < -0.39 is 17.8 Å². The van der Waals surface area contributed by atoms with Gasteiger partial charge in [-0.25, -0.2) is 4.79 Å². The number of rotatable bonds is 2. The van der Waals surface area contributed by atoms with Crippen molar-refractivity contribution in [3.05, 3.63) is 46.8 Å². The highest BCUT2D eigenvalue weighted by molar-refractivity contribution is 6.04. The van der Waals surface area contributed by atoms with Gasteiger partial charge in [0.25, 0.3) is 0 Å². The average Bonchev–Trinajstić information content (AvgIpc) is 3.01. The number of fused-ring (bicyclic) bond motifs is 3. The minimum Gasteiger partial charge on any atom is -0.508 e. The summed E-state index contributed by atoms with van der Waals surface area (Å²) in [4.78, 5) is 12.2. The lowest BCUT2D eigenvalue weighted by atomic mass is 10.1. The van der Waals surface area contributed by atoms with E-state index in [-0.39, 0.29) is 12.4 Å². The van der Waals surface area contributed by atoms with Gasteiger partial charge in [-0.05, 0) is 30.3 Å². The topological polar surface area (TPSA) is 89.1 Å². The molecule has 1 aromatic heterocycles. The van der Waals surface area contributed by atoms with Gasteiger partial charge in [-0.15, -0.1) is 0 Å². The Bertz CT molecular complexity index is 946. The summed E-state index contributed by atoms with van der Waals surface area (Å²) in [5.41, 5.74) is -0.178. The normalized spacial score (nSPS) is 19.6. The molecule has 0 radical (unpaired) electrons. The fourth-order valence-electron chi connectivity index (χ4n) is 2.78. The molecule has 25 heavy (non-hydrogen) atoms. The molecule has 1 fully saturated rings. The first-order chi connectivity index (χ1) is 12.1. The van der Waals surface area contributed by atoms with Crippen LogP contribution in [0.5, 0.6) is 11.5 Å². The summed E-state index contributed by atoms with van der Waals surface area (Å²) in [6.07, 6.45) is -1.13. The molecule has 1 aliphatic rings. The van der Waals surface area contributed by atoms with E-state index in [0.29, 0.717) is 28.7 Å². The lowest BCUT2D eigenvalue weighted by molar-refractivity contribution is 0.0734. The van der Waals surface area contributed by atoms with Crippen LogP contribution in [0, 0.1) is 0 Å². The quantitative estimate of drug-likeness (QED) is 0.549. The van der Waals surface area contributed by atoms with Crippen LogP contribution in [0.4, 0.5) is 0 Å². The molecule has 2 atom stereocenters. The van der Waals surface area contributed by atoms with Gasteiger partial charge in [-0.1, -0.05) is 13.8 Å². The van der Waals surface area contributed by atoms with Crippen LogP contribution in [0.15, 0.2) is 45.6 Å². The molecule has 1 saturated heterocycles. The van der Waals surface area contributed by atoms with Crippen molar-refractivity contribution in [1.82, 2.24) is 0 Å². The van der Waals surface area contributed by atoms with Crippen molar-refractivity contribution in [2.24, 2.45) is 0 Å². The van der Waals surface area contributed by atoms with Crippen molar-refractivity contribution in [3.63, 3.8) is 0 Å². The number of hydrogen-bond acceptors (Lipinski definition) is 6. The Morgan fingerprint density at radius 2 is 1.80 bits per heavy atom. The summed E-state index contributed by atoms with van der Waals surface area (Å²) in [5, 5.41) is 21.1. The number of aromatic hydroxyl groups is 1. The van der Waals surface area contributed by atoms with Gasteiger partial charge in [0.1, 0.15) is 29.3 Å².